The highest BCUT2D eigenvalue weighted by molar-refractivity contribution is 7.99. The fourth-order valence-corrected chi connectivity index (χ4v) is 6.58. The van der Waals surface area contributed by atoms with Gasteiger partial charge in [0.15, 0.2) is 5.82 Å². The van der Waals surface area contributed by atoms with Gasteiger partial charge in [0.05, 0.1) is 42.0 Å². The molecule has 1 N–H and O–H groups in total. The summed E-state index contributed by atoms with van der Waals surface area (Å²) in [5.74, 6) is 1.78. The molecule has 0 aliphatic carbocycles. The Balaban J connectivity index is 1.27. The summed E-state index contributed by atoms with van der Waals surface area (Å²) >= 11 is 8.17. The van der Waals surface area contributed by atoms with Crippen LogP contribution in [0.4, 0.5) is 11.6 Å². The number of aromatic nitrogens is 3. The third kappa shape index (κ3) is 4.89. The van der Waals surface area contributed by atoms with Gasteiger partial charge in [-0.15, -0.1) is 0 Å². The van der Waals surface area contributed by atoms with E-state index in [1.165, 1.54) is 11.8 Å². The largest absolute Gasteiger partial charge is 0.390 e. The first kappa shape index (κ1) is 25.5. The number of nitrogens with zero attached hydrogens (tertiary/aromatic N) is 6. The van der Waals surface area contributed by atoms with E-state index in [0.717, 1.165) is 68.6 Å². The van der Waals surface area contributed by atoms with Crippen molar-refractivity contribution in [3.8, 4) is 6.07 Å². The molecular weight excluding hydrogens is 496 g/mol. The number of anilines is 2. The molecule has 192 valence electrons. The van der Waals surface area contributed by atoms with E-state index >= 15 is 0 Å². The lowest BCUT2D eigenvalue weighted by Crippen LogP contribution is -2.53. The highest BCUT2D eigenvalue weighted by atomic mass is 35.5. The van der Waals surface area contributed by atoms with Crippen LogP contribution in [0.1, 0.15) is 45.7 Å². The fraction of sp³-hybridized carbons (Fsp3) is 0.615. The Hall–Kier alpha value is -2.12. The van der Waals surface area contributed by atoms with E-state index in [1.54, 1.807) is 12.4 Å². The molecule has 2 aromatic rings. The summed E-state index contributed by atoms with van der Waals surface area (Å²) in [7, 11) is 0. The Labute approximate surface area is 222 Å². The molecular formula is C26H33ClN6O2S. The van der Waals surface area contributed by atoms with E-state index in [2.05, 4.69) is 27.8 Å². The zero-order chi connectivity index (χ0) is 25.5. The molecule has 0 unspecified atom stereocenters. The molecule has 3 saturated heterocycles. The Morgan fingerprint density at radius 3 is 2.64 bits per heavy atom. The van der Waals surface area contributed by atoms with E-state index in [9.17, 15) is 10.4 Å². The van der Waals surface area contributed by atoms with Crippen LogP contribution in [0, 0.1) is 28.1 Å². The van der Waals surface area contributed by atoms with Crippen molar-refractivity contribution in [2.75, 3.05) is 42.6 Å². The lowest BCUT2D eigenvalue weighted by Gasteiger charge is -2.45. The van der Waals surface area contributed by atoms with Crippen molar-refractivity contribution < 1.29 is 9.84 Å². The van der Waals surface area contributed by atoms with Crippen molar-refractivity contribution in [1.82, 2.24) is 15.0 Å². The molecule has 0 radical (unpaired) electrons. The van der Waals surface area contributed by atoms with Gasteiger partial charge in [-0.3, -0.25) is 0 Å². The second-order valence-electron chi connectivity index (χ2n) is 10.9. The van der Waals surface area contributed by atoms with Crippen LogP contribution in [-0.4, -0.2) is 58.9 Å². The molecule has 5 rings (SSSR count). The van der Waals surface area contributed by atoms with Crippen molar-refractivity contribution in [1.29, 1.82) is 5.26 Å². The Kier molecular flexibility index (Phi) is 7.07. The second kappa shape index (κ2) is 9.97. The predicted molar refractivity (Wildman–Crippen MR) is 140 cm³/mol. The van der Waals surface area contributed by atoms with Crippen LogP contribution in [0.3, 0.4) is 0 Å². The summed E-state index contributed by atoms with van der Waals surface area (Å²) in [6, 6.07) is 4.27. The van der Waals surface area contributed by atoms with E-state index in [-0.39, 0.29) is 23.4 Å². The normalized spacial score (nSPS) is 22.1. The number of hydrogen-bond donors (Lipinski definition) is 1. The van der Waals surface area contributed by atoms with Gasteiger partial charge in [0.1, 0.15) is 16.5 Å². The Bertz CT molecular complexity index is 1160. The van der Waals surface area contributed by atoms with Gasteiger partial charge in [-0.05, 0) is 51.5 Å². The van der Waals surface area contributed by atoms with Gasteiger partial charge in [-0.25, -0.2) is 15.0 Å². The van der Waals surface area contributed by atoms with Crippen LogP contribution in [0.15, 0.2) is 28.4 Å². The molecule has 10 heteroatoms. The van der Waals surface area contributed by atoms with Gasteiger partial charge in [0, 0.05) is 43.2 Å². The van der Waals surface area contributed by atoms with Crippen molar-refractivity contribution >= 4 is 35.0 Å². The smallest absolute Gasteiger partial charge is 0.152 e. The lowest BCUT2D eigenvalue weighted by atomic mass is 9.75. The average Bonchev–Trinajstić information content (AvgIpc) is 3.20. The summed E-state index contributed by atoms with van der Waals surface area (Å²) < 4.78 is 5.85. The minimum Gasteiger partial charge on any atom is -0.390 e. The first-order valence-corrected chi connectivity index (χ1v) is 13.7. The molecule has 2 aromatic heterocycles. The van der Waals surface area contributed by atoms with Crippen LogP contribution in [0.5, 0.6) is 0 Å². The summed E-state index contributed by atoms with van der Waals surface area (Å²) in [5, 5.41) is 20.7. The maximum Gasteiger partial charge on any atom is 0.152 e. The Morgan fingerprint density at radius 1 is 1.25 bits per heavy atom. The van der Waals surface area contributed by atoms with Crippen molar-refractivity contribution in [3.63, 3.8) is 0 Å². The number of hydrogen-bond acceptors (Lipinski definition) is 9. The molecule has 0 aromatic carbocycles. The van der Waals surface area contributed by atoms with E-state index in [4.69, 9.17) is 26.3 Å². The molecule has 3 aliphatic rings. The zero-order valence-electron chi connectivity index (χ0n) is 21.1. The van der Waals surface area contributed by atoms with Crippen LogP contribution in [0.25, 0.3) is 0 Å². The van der Waals surface area contributed by atoms with Gasteiger partial charge >= 0.3 is 0 Å². The predicted octanol–water partition coefficient (Wildman–Crippen LogP) is 4.55. The molecule has 1 spiro atoms. The molecule has 8 nitrogen and oxygen atoms in total. The summed E-state index contributed by atoms with van der Waals surface area (Å²) in [6.45, 7) is 10.1. The fourth-order valence-electron chi connectivity index (χ4n) is 5.44. The first-order valence-electron chi connectivity index (χ1n) is 12.6. The number of piperidine rings is 1. The monoisotopic (exact) mass is 528 g/mol. The minimum absolute atomic E-state index is 0.169. The number of rotatable bonds is 6. The average molecular weight is 529 g/mol. The van der Waals surface area contributed by atoms with Gasteiger partial charge in [0.2, 0.25) is 0 Å². The summed E-state index contributed by atoms with van der Waals surface area (Å²) in [6.07, 6.45) is 7.11. The number of pyridine rings is 1. The maximum atomic E-state index is 10.1. The molecule has 0 amide bonds. The van der Waals surface area contributed by atoms with Crippen LogP contribution < -0.4 is 9.80 Å². The molecule has 5 heterocycles. The van der Waals surface area contributed by atoms with Gasteiger partial charge in [0.25, 0.3) is 0 Å². The van der Waals surface area contributed by atoms with Gasteiger partial charge in [-0.1, -0.05) is 23.4 Å². The summed E-state index contributed by atoms with van der Waals surface area (Å²) in [5.41, 5.74) is 0.502. The van der Waals surface area contributed by atoms with E-state index in [0.29, 0.717) is 21.8 Å². The number of aliphatic hydroxyl groups excluding tert-OH is 1. The van der Waals surface area contributed by atoms with Gasteiger partial charge in [-0.2, -0.15) is 5.26 Å². The van der Waals surface area contributed by atoms with Gasteiger partial charge < -0.3 is 19.6 Å². The number of aliphatic hydroxyl groups is 1. The SMILES string of the molecule is C[C@H]1CC2(CCN(c3ncc(Sc4ccnc(N5CC(C(C)(C)C#N)C5)c4Cl)nc3CO)CC2)CO1. The second-order valence-corrected chi connectivity index (χ2v) is 12.4. The topological polar surface area (TPSA) is 98.4 Å². The molecule has 3 fully saturated rings. The molecule has 0 saturated carbocycles. The summed E-state index contributed by atoms with van der Waals surface area (Å²) in [4.78, 5) is 19.1. The minimum atomic E-state index is -0.369. The van der Waals surface area contributed by atoms with Crippen molar-refractivity contribution in [2.45, 2.75) is 62.7 Å². The third-order valence-electron chi connectivity index (χ3n) is 8.01. The molecule has 1 atom stereocenters. The molecule has 0 bridgehead atoms. The lowest BCUT2D eigenvalue weighted by molar-refractivity contribution is 0.0975. The standard InChI is InChI=1S/C26H33ClN6O2S/c1-17-10-26(16-35-17)5-8-32(9-6-26)23-19(14-34)31-21(11-30-23)36-20-4-7-29-24(22(20)27)33-12-18(13-33)25(2,3)15-28/h4,7,11,17-18,34H,5-6,8-10,12-14,16H2,1-3H3/t17-/m0/s1. The maximum absolute atomic E-state index is 10.1. The van der Waals surface area contributed by atoms with Crippen molar-refractivity contribution in [3.05, 3.63) is 29.2 Å². The number of ether oxygens (including phenoxy) is 1. The van der Waals surface area contributed by atoms with E-state index < -0.39 is 0 Å². The van der Waals surface area contributed by atoms with Crippen molar-refractivity contribution in [2.24, 2.45) is 16.7 Å². The highest BCUT2D eigenvalue weighted by Crippen LogP contribution is 2.44. The van der Waals surface area contributed by atoms with Crippen LogP contribution in [0.2, 0.25) is 5.02 Å². The molecule has 3 aliphatic heterocycles. The van der Waals surface area contributed by atoms with Crippen LogP contribution >= 0.6 is 23.4 Å². The quantitative estimate of drug-likeness (QED) is 0.578. The highest BCUT2D eigenvalue weighted by Gasteiger charge is 2.42. The Morgan fingerprint density at radius 2 is 2.00 bits per heavy atom. The molecule has 36 heavy (non-hydrogen) atoms. The van der Waals surface area contributed by atoms with E-state index in [1.807, 2.05) is 19.9 Å². The number of nitriles is 1. The zero-order valence-corrected chi connectivity index (χ0v) is 22.6. The third-order valence-corrected chi connectivity index (χ3v) is 9.46. The van der Waals surface area contributed by atoms with Crippen LogP contribution in [-0.2, 0) is 11.3 Å². The number of halogens is 1. The first-order chi connectivity index (χ1) is 17.2.